The minimum atomic E-state index is -0.446. The van der Waals surface area contributed by atoms with Gasteiger partial charge in [-0.15, -0.1) is 0 Å². The van der Waals surface area contributed by atoms with E-state index in [0.717, 1.165) is 9.26 Å². The van der Waals surface area contributed by atoms with Crippen molar-refractivity contribution in [3.05, 3.63) is 65.7 Å². The molecule has 7 heteroatoms. The first-order valence-electron chi connectivity index (χ1n) is 5.59. The third-order valence-electron chi connectivity index (χ3n) is 2.64. The first kappa shape index (κ1) is 15.3. The van der Waals surface area contributed by atoms with Crippen molar-refractivity contribution in [3.8, 4) is 0 Å². The summed E-state index contributed by atoms with van der Waals surface area (Å²) in [5, 5.41) is 15.0. The number of nitro groups is 1. The number of benzene rings is 2. The number of nitrogens with zero attached hydrogens (tertiary/aromatic N) is 1. The number of hydrogen-bond donors (Lipinski definition) is 1. The summed E-state index contributed by atoms with van der Waals surface area (Å²) in [6.45, 7) is 0.299. The van der Waals surface area contributed by atoms with E-state index in [-0.39, 0.29) is 5.69 Å². The van der Waals surface area contributed by atoms with Gasteiger partial charge in [0, 0.05) is 26.8 Å². The van der Waals surface area contributed by atoms with Crippen LogP contribution in [0.25, 0.3) is 0 Å². The number of nitrogens with one attached hydrogen (secondary N) is 1. The summed E-state index contributed by atoms with van der Waals surface area (Å²) in [5.41, 5.74) is 1.27. The number of hydrogen-bond acceptors (Lipinski definition) is 3. The van der Waals surface area contributed by atoms with Gasteiger partial charge in [0.15, 0.2) is 0 Å². The van der Waals surface area contributed by atoms with E-state index in [4.69, 9.17) is 23.2 Å². The maximum atomic E-state index is 11.0. The average Bonchev–Trinajstić information content (AvgIpc) is 2.38. The second-order valence-corrected chi connectivity index (χ2v) is 6.10. The molecule has 0 fully saturated rings. The van der Waals surface area contributed by atoms with E-state index < -0.39 is 4.92 Å². The van der Waals surface area contributed by atoms with Crippen LogP contribution in [0, 0.1) is 13.7 Å². The largest absolute Gasteiger partial charge is 0.379 e. The standard InChI is InChI=1S/C13H9Cl2IN2O2/c14-9-2-1-8(13(5-9)18(19)20)7-17-12-4-3-10(16)6-11(12)15/h1-6,17H,7H2. The molecule has 0 atom stereocenters. The van der Waals surface area contributed by atoms with Crippen LogP contribution >= 0.6 is 45.8 Å². The Labute approximate surface area is 139 Å². The normalized spacial score (nSPS) is 10.3. The van der Waals surface area contributed by atoms with Gasteiger partial charge < -0.3 is 5.32 Å². The van der Waals surface area contributed by atoms with Crippen molar-refractivity contribution < 1.29 is 4.92 Å². The van der Waals surface area contributed by atoms with Gasteiger partial charge in [0.25, 0.3) is 5.69 Å². The van der Waals surface area contributed by atoms with Crippen LogP contribution in [0.5, 0.6) is 0 Å². The van der Waals surface area contributed by atoms with E-state index in [0.29, 0.717) is 22.2 Å². The van der Waals surface area contributed by atoms with Gasteiger partial charge in [-0.1, -0.05) is 23.2 Å². The topological polar surface area (TPSA) is 55.2 Å². The fourth-order valence-electron chi connectivity index (χ4n) is 1.68. The third-order valence-corrected chi connectivity index (χ3v) is 3.86. The molecular weight excluding hydrogens is 414 g/mol. The zero-order valence-corrected chi connectivity index (χ0v) is 13.7. The molecule has 0 radical (unpaired) electrons. The highest BCUT2D eigenvalue weighted by atomic mass is 127. The van der Waals surface area contributed by atoms with E-state index in [1.165, 1.54) is 6.07 Å². The van der Waals surface area contributed by atoms with Crippen LogP contribution in [0.1, 0.15) is 5.56 Å². The fourth-order valence-corrected chi connectivity index (χ4v) is 2.77. The zero-order valence-electron chi connectivity index (χ0n) is 10.1. The molecule has 0 spiro atoms. The highest BCUT2D eigenvalue weighted by Gasteiger charge is 2.14. The summed E-state index contributed by atoms with van der Waals surface area (Å²) < 4.78 is 1.02. The molecule has 1 N–H and O–H groups in total. The molecule has 0 aromatic heterocycles. The Morgan fingerprint density at radius 3 is 2.60 bits per heavy atom. The van der Waals surface area contributed by atoms with Crippen molar-refractivity contribution >= 4 is 57.2 Å². The minimum Gasteiger partial charge on any atom is -0.379 e. The lowest BCUT2D eigenvalue weighted by Crippen LogP contribution is -2.03. The van der Waals surface area contributed by atoms with Gasteiger partial charge in [0.1, 0.15) is 0 Å². The van der Waals surface area contributed by atoms with Crippen LogP contribution in [0.4, 0.5) is 11.4 Å². The molecule has 0 aliphatic heterocycles. The van der Waals surface area contributed by atoms with Crippen molar-refractivity contribution in [2.75, 3.05) is 5.32 Å². The van der Waals surface area contributed by atoms with Gasteiger partial charge in [-0.25, -0.2) is 0 Å². The van der Waals surface area contributed by atoms with Crippen LogP contribution in [0.3, 0.4) is 0 Å². The van der Waals surface area contributed by atoms with Crippen molar-refractivity contribution in [2.24, 2.45) is 0 Å². The number of anilines is 1. The van der Waals surface area contributed by atoms with E-state index in [2.05, 4.69) is 27.9 Å². The Kier molecular flexibility index (Phi) is 5.06. The van der Waals surface area contributed by atoms with Gasteiger partial charge >= 0.3 is 0 Å². The summed E-state index contributed by atoms with van der Waals surface area (Å²) in [6.07, 6.45) is 0. The maximum absolute atomic E-state index is 11.0. The first-order chi connectivity index (χ1) is 9.47. The predicted octanol–water partition coefficient (Wildman–Crippen LogP) is 5.12. The zero-order chi connectivity index (χ0) is 14.7. The molecule has 104 valence electrons. The van der Waals surface area contributed by atoms with E-state index >= 15 is 0 Å². The second-order valence-electron chi connectivity index (χ2n) is 4.01. The van der Waals surface area contributed by atoms with Crippen molar-refractivity contribution in [1.82, 2.24) is 0 Å². The van der Waals surface area contributed by atoms with Crippen LogP contribution in [0.2, 0.25) is 10.0 Å². The van der Waals surface area contributed by atoms with E-state index in [1.807, 2.05) is 18.2 Å². The lowest BCUT2D eigenvalue weighted by molar-refractivity contribution is -0.385. The summed E-state index contributed by atoms with van der Waals surface area (Å²) >= 11 is 14.0. The maximum Gasteiger partial charge on any atom is 0.275 e. The molecule has 0 saturated heterocycles. The van der Waals surface area contributed by atoms with Crippen LogP contribution in [-0.4, -0.2) is 4.92 Å². The monoisotopic (exact) mass is 422 g/mol. The van der Waals surface area contributed by atoms with Crippen LogP contribution in [0.15, 0.2) is 36.4 Å². The quantitative estimate of drug-likeness (QED) is 0.422. The Bertz CT molecular complexity index is 665. The van der Waals surface area contributed by atoms with Gasteiger partial charge in [-0.3, -0.25) is 10.1 Å². The Hall–Kier alpha value is -1.05. The molecule has 2 aromatic carbocycles. The van der Waals surface area contributed by atoms with Gasteiger partial charge in [-0.05, 0) is 52.9 Å². The lowest BCUT2D eigenvalue weighted by Gasteiger charge is -2.09. The Morgan fingerprint density at radius 2 is 1.95 bits per heavy atom. The number of halogens is 3. The summed E-state index contributed by atoms with van der Waals surface area (Å²) in [4.78, 5) is 10.5. The van der Waals surface area contributed by atoms with Crippen LogP contribution in [-0.2, 0) is 6.54 Å². The third kappa shape index (κ3) is 3.74. The second kappa shape index (κ2) is 6.60. The molecule has 0 unspecified atom stereocenters. The smallest absolute Gasteiger partial charge is 0.275 e. The molecule has 4 nitrogen and oxygen atoms in total. The minimum absolute atomic E-state index is 0.00775. The van der Waals surface area contributed by atoms with E-state index in [9.17, 15) is 10.1 Å². The fraction of sp³-hybridized carbons (Fsp3) is 0.0769. The van der Waals surface area contributed by atoms with E-state index in [1.54, 1.807) is 12.1 Å². The number of nitro benzene ring substituents is 1. The molecule has 0 amide bonds. The molecule has 0 heterocycles. The van der Waals surface area contributed by atoms with Crippen molar-refractivity contribution in [2.45, 2.75) is 6.54 Å². The number of rotatable bonds is 4. The molecule has 0 aliphatic rings. The van der Waals surface area contributed by atoms with Gasteiger partial charge in [0.2, 0.25) is 0 Å². The van der Waals surface area contributed by atoms with Crippen molar-refractivity contribution in [3.63, 3.8) is 0 Å². The van der Waals surface area contributed by atoms with Crippen LogP contribution < -0.4 is 5.32 Å². The summed E-state index contributed by atoms with van der Waals surface area (Å²) in [5.74, 6) is 0. The Balaban J connectivity index is 2.20. The Morgan fingerprint density at radius 1 is 1.20 bits per heavy atom. The first-order valence-corrected chi connectivity index (χ1v) is 7.42. The molecule has 2 rings (SSSR count). The molecular formula is C13H9Cl2IN2O2. The molecule has 0 aliphatic carbocycles. The molecule has 20 heavy (non-hydrogen) atoms. The van der Waals surface area contributed by atoms with Gasteiger partial charge in [0.05, 0.1) is 15.6 Å². The highest BCUT2D eigenvalue weighted by molar-refractivity contribution is 14.1. The van der Waals surface area contributed by atoms with Crippen molar-refractivity contribution in [1.29, 1.82) is 0 Å². The predicted molar refractivity (Wildman–Crippen MR) is 89.6 cm³/mol. The SMILES string of the molecule is O=[N+]([O-])c1cc(Cl)ccc1CNc1ccc(I)cc1Cl. The molecule has 0 bridgehead atoms. The average molecular weight is 423 g/mol. The van der Waals surface area contributed by atoms with Gasteiger partial charge in [-0.2, -0.15) is 0 Å². The molecule has 2 aromatic rings. The summed E-state index contributed by atoms with van der Waals surface area (Å²) in [7, 11) is 0. The highest BCUT2D eigenvalue weighted by Crippen LogP contribution is 2.27. The lowest BCUT2D eigenvalue weighted by atomic mass is 10.1. The summed E-state index contributed by atoms with van der Waals surface area (Å²) in [6, 6.07) is 10.2. The molecule has 0 saturated carbocycles.